The maximum absolute atomic E-state index is 11.7. The van der Waals surface area contributed by atoms with Crippen LogP contribution in [0.1, 0.15) is 16.7 Å². The summed E-state index contributed by atoms with van der Waals surface area (Å²) in [5, 5.41) is 3.25. The van der Waals surface area contributed by atoms with Crippen LogP contribution < -0.4 is 10.0 Å². The number of rotatable bonds is 6. The van der Waals surface area contributed by atoms with E-state index in [1.807, 2.05) is 6.07 Å². The lowest BCUT2D eigenvalue weighted by atomic mass is 10.3. The van der Waals surface area contributed by atoms with Gasteiger partial charge in [-0.2, -0.15) is 0 Å². The van der Waals surface area contributed by atoms with Crippen LogP contribution in [0.4, 0.5) is 5.69 Å². The van der Waals surface area contributed by atoms with E-state index in [-0.39, 0.29) is 4.90 Å². The Morgan fingerprint density at radius 2 is 1.90 bits per heavy atom. The van der Waals surface area contributed by atoms with E-state index in [1.165, 1.54) is 16.8 Å². The second kappa shape index (κ2) is 6.39. The molecule has 2 N–H and O–H groups in total. The van der Waals surface area contributed by atoms with Crippen molar-refractivity contribution < 1.29 is 8.42 Å². The van der Waals surface area contributed by atoms with E-state index in [9.17, 15) is 8.42 Å². The summed E-state index contributed by atoms with van der Waals surface area (Å²) in [5.41, 5.74) is 0.799. The van der Waals surface area contributed by atoms with Crippen LogP contribution in [0, 0.1) is 0 Å². The van der Waals surface area contributed by atoms with Gasteiger partial charge in [0, 0.05) is 22.0 Å². The molecule has 0 fully saturated rings. The molecule has 1 aromatic heterocycles. The molecule has 0 atom stereocenters. The average Bonchev–Trinajstić information content (AvgIpc) is 2.93. The zero-order valence-electron chi connectivity index (χ0n) is 11.5. The highest BCUT2D eigenvalue weighted by atomic mass is 32.2. The quantitative estimate of drug-likeness (QED) is 0.862. The Hall–Kier alpha value is -1.37. The molecule has 0 saturated carbocycles. The van der Waals surface area contributed by atoms with Gasteiger partial charge in [0.05, 0.1) is 4.90 Å². The monoisotopic (exact) mass is 310 g/mol. The Morgan fingerprint density at radius 1 is 1.15 bits per heavy atom. The fraction of sp³-hybridized carbons (Fsp3) is 0.286. The smallest absolute Gasteiger partial charge is 0.240 e. The van der Waals surface area contributed by atoms with Crippen molar-refractivity contribution in [2.45, 2.75) is 24.8 Å². The van der Waals surface area contributed by atoms with Crippen molar-refractivity contribution in [2.24, 2.45) is 0 Å². The molecular formula is C14H18N2O2S2. The minimum Gasteiger partial charge on any atom is -0.380 e. The number of hydrogen-bond acceptors (Lipinski definition) is 4. The van der Waals surface area contributed by atoms with E-state index in [0.29, 0.717) is 6.54 Å². The van der Waals surface area contributed by atoms with Crippen molar-refractivity contribution in [3.63, 3.8) is 0 Å². The summed E-state index contributed by atoms with van der Waals surface area (Å²) in [4.78, 5) is 2.86. The van der Waals surface area contributed by atoms with E-state index < -0.39 is 10.0 Å². The number of anilines is 1. The molecule has 0 aliphatic heterocycles. The SMILES string of the molecule is CCc1ccc(CNc2cccc(S(=O)(=O)NC)c2)s1. The molecule has 2 aromatic rings. The van der Waals surface area contributed by atoms with Gasteiger partial charge in [0.15, 0.2) is 0 Å². The molecule has 108 valence electrons. The fourth-order valence-corrected chi connectivity index (χ4v) is 3.46. The second-order valence-corrected chi connectivity index (χ2v) is 7.45. The molecule has 0 bridgehead atoms. The Kier molecular flexibility index (Phi) is 4.80. The first-order valence-electron chi connectivity index (χ1n) is 6.40. The third kappa shape index (κ3) is 3.59. The molecule has 20 heavy (non-hydrogen) atoms. The first-order valence-corrected chi connectivity index (χ1v) is 8.70. The van der Waals surface area contributed by atoms with Gasteiger partial charge in [-0.15, -0.1) is 11.3 Å². The summed E-state index contributed by atoms with van der Waals surface area (Å²) < 4.78 is 25.8. The summed E-state index contributed by atoms with van der Waals surface area (Å²) in [6.45, 7) is 2.84. The lowest BCUT2D eigenvalue weighted by Crippen LogP contribution is -2.18. The predicted molar refractivity (Wildman–Crippen MR) is 83.7 cm³/mol. The second-order valence-electron chi connectivity index (χ2n) is 4.31. The van der Waals surface area contributed by atoms with Crippen LogP contribution >= 0.6 is 11.3 Å². The van der Waals surface area contributed by atoms with Crippen LogP contribution in [0.15, 0.2) is 41.3 Å². The maximum Gasteiger partial charge on any atom is 0.240 e. The topological polar surface area (TPSA) is 58.2 Å². The largest absolute Gasteiger partial charge is 0.380 e. The number of sulfonamides is 1. The van der Waals surface area contributed by atoms with Gasteiger partial charge in [-0.05, 0) is 43.8 Å². The van der Waals surface area contributed by atoms with Gasteiger partial charge >= 0.3 is 0 Å². The van der Waals surface area contributed by atoms with Gasteiger partial charge in [-0.1, -0.05) is 13.0 Å². The summed E-state index contributed by atoms with van der Waals surface area (Å²) in [5.74, 6) is 0. The van der Waals surface area contributed by atoms with Crippen LogP contribution in [0.3, 0.4) is 0 Å². The fourth-order valence-electron chi connectivity index (χ4n) is 1.79. The molecule has 4 nitrogen and oxygen atoms in total. The number of aryl methyl sites for hydroxylation is 1. The number of nitrogens with one attached hydrogen (secondary N) is 2. The van der Waals surface area contributed by atoms with Crippen LogP contribution in [0.25, 0.3) is 0 Å². The first kappa shape index (κ1) is 15.0. The standard InChI is InChI=1S/C14H18N2O2S2/c1-3-12-7-8-13(19-12)10-16-11-5-4-6-14(9-11)20(17,18)15-2/h4-9,15-16H,3,10H2,1-2H3. The number of thiophene rings is 1. The van der Waals surface area contributed by atoms with Crippen LogP contribution in [-0.2, 0) is 23.0 Å². The normalized spacial score (nSPS) is 11.5. The van der Waals surface area contributed by atoms with Crippen molar-refractivity contribution in [1.29, 1.82) is 0 Å². The van der Waals surface area contributed by atoms with Crippen molar-refractivity contribution in [3.05, 3.63) is 46.2 Å². The lowest BCUT2D eigenvalue weighted by Gasteiger charge is -2.07. The average molecular weight is 310 g/mol. The highest BCUT2D eigenvalue weighted by Gasteiger charge is 2.11. The van der Waals surface area contributed by atoms with Gasteiger partial charge in [-0.3, -0.25) is 0 Å². The van der Waals surface area contributed by atoms with Crippen molar-refractivity contribution >= 4 is 27.0 Å². The van der Waals surface area contributed by atoms with E-state index in [2.05, 4.69) is 29.1 Å². The zero-order chi connectivity index (χ0) is 14.6. The van der Waals surface area contributed by atoms with Crippen LogP contribution in [-0.4, -0.2) is 15.5 Å². The summed E-state index contributed by atoms with van der Waals surface area (Å²) >= 11 is 1.77. The van der Waals surface area contributed by atoms with E-state index in [4.69, 9.17) is 0 Å². The summed E-state index contributed by atoms with van der Waals surface area (Å²) in [6, 6.07) is 11.0. The molecule has 6 heteroatoms. The van der Waals surface area contributed by atoms with Crippen LogP contribution in [0.5, 0.6) is 0 Å². The minimum atomic E-state index is -3.39. The Bertz CT molecular complexity index is 678. The Labute approximate surface area is 123 Å². The van der Waals surface area contributed by atoms with Gasteiger partial charge < -0.3 is 5.32 Å². The summed E-state index contributed by atoms with van der Waals surface area (Å²) in [7, 11) is -1.98. The molecule has 0 saturated heterocycles. The minimum absolute atomic E-state index is 0.269. The molecule has 1 heterocycles. The molecule has 0 radical (unpaired) electrons. The number of benzene rings is 1. The molecular weight excluding hydrogens is 292 g/mol. The Balaban J connectivity index is 2.08. The van der Waals surface area contributed by atoms with Gasteiger partial charge in [0.25, 0.3) is 0 Å². The van der Waals surface area contributed by atoms with Gasteiger partial charge in [0.2, 0.25) is 10.0 Å². The molecule has 0 spiro atoms. The third-order valence-corrected chi connectivity index (χ3v) is 5.59. The highest BCUT2D eigenvalue weighted by molar-refractivity contribution is 7.89. The van der Waals surface area contributed by atoms with Crippen molar-refractivity contribution in [2.75, 3.05) is 12.4 Å². The molecule has 0 unspecified atom stereocenters. The molecule has 0 aliphatic carbocycles. The van der Waals surface area contributed by atoms with E-state index in [0.717, 1.165) is 12.1 Å². The summed E-state index contributed by atoms with van der Waals surface area (Å²) in [6.07, 6.45) is 1.04. The predicted octanol–water partition coefficient (Wildman–Crippen LogP) is 2.83. The van der Waals surface area contributed by atoms with E-state index >= 15 is 0 Å². The maximum atomic E-state index is 11.7. The highest BCUT2D eigenvalue weighted by Crippen LogP contribution is 2.20. The molecule has 2 rings (SSSR count). The zero-order valence-corrected chi connectivity index (χ0v) is 13.1. The van der Waals surface area contributed by atoms with E-state index in [1.54, 1.807) is 29.5 Å². The molecule has 0 amide bonds. The Morgan fingerprint density at radius 3 is 2.55 bits per heavy atom. The first-order chi connectivity index (χ1) is 9.55. The van der Waals surface area contributed by atoms with Crippen molar-refractivity contribution in [3.8, 4) is 0 Å². The van der Waals surface area contributed by atoms with Crippen molar-refractivity contribution in [1.82, 2.24) is 4.72 Å². The third-order valence-electron chi connectivity index (χ3n) is 2.95. The van der Waals surface area contributed by atoms with Crippen LogP contribution in [0.2, 0.25) is 0 Å². The number of hydrogen-bond donors (Lipinski definition) is 2. The van der Waals surface area contributed by atoms with Gasteiger partial charge in [-0.25, -0.2) is 13.1 Å². The molecule has 0 aliphatic rings. The van der Waals surface area contributed by atoms with Gasteiger partial charge in [0.1, 0.15) is 0 Å². The molecule has 1 aromatic carbocycles. The lowest BCUT2D eigenvalue weighted by molar-refractivity contribution is 0.588.